The third kappa shape index (κ3) is 4.01. The van der Waals surface area contributed by atoms with Crippen LogP contribution in [0.15, 0.2) is 22.8 Å². The van der Waals surface area contributed by atoms with Gasteiger partial charge in [0, 0.05) is 29.8 Å². The van der Waals surface area contributed by atoms with E-state index in [1.807, 2.05) is 0 Å². The van der Waals surface area contributed by atoms with Gasteiger partial charge in [-0.15, -0.1) is 0 Å². The molecule has 100 valence electrons. The molecular weight excluding hydrogens is 308 g/mol. The average Bonchev–Trinajstić information content (AvgIpc) is 2.42. The Hall–Kier alpha value is -1.45. The van der Waals surface area contributed by atoms with Gasteiger partial charge in [0.1, 0.15) is 5.69 Å². The first-order valence-corrected chi connectivity index (χ1v) is 7.00. The topological polar surface area (TPSA) is 69.0 Å². The van der Waals surface area contributed by atoms with Crippen molar-refractivity contribution >= 4 is 21.8 Å². The molecule has 1 saturated heterocycles. The average molecular weight is 323 g/mol. The van der Waals surface area contributed by atoms with Gasteiger partial charge in [0.05, 0.1) is 12.6 Å². The molecule has 0 atom stereocenters. The SMILES string of the molecule is N#CCN1CCC(NC(=O)c2ccc(Br)cn2)CC1. The minimum Gasteiger partial charge on any atom is -0.348 e. The van der Waals surface area contributed by atoms with Crippen molar-refractivity contribution in [1.29, 1.82) is 5.26 Å². The number of nitrogens with one attached hydrogen (secondary N) is 1. The van der Waals surface area contributed by atoms with Crippen molar-refractivity contribution in [2.24, 2.45) is 0 Å². The maximum Gasteiger partial charge on any atom is 0.270 e. The molecule has 1 fully saturated rings. The number of halogens is 1. The summed E-state index contributed by atoms with van der Waals surface area (Å²) in [5, 5.41) is 11.6. The standard InChI is InChI=1S/C13H15BrN4O/c14-10-1-2-12(16-9-10)13(19)17-11-3-6-18(7-4-11)8-5-15/h1-2,9,11H,3-4,6-8H2,(H,17,19). The first-order valence-electron chi connectivity index (χ1n) is 6.21. The Labute approximate surface area is 120 Å². The van der Waals surface area contributed by atoms with Crippen LogP contribution in [0, 0.1) is 11.3 Å². The van der Waals surface area contributed by atoms with Crippen LogP contribution < -0.4 is 5.32 Å². The Morgan fingerprint density at radius 1 is 1.53 bits per heavy atom. The quantitative estimate of drug-likeness (QED) is 0.857. The third-order valence-corrected chi connectivity index (χ3v) is 3.65. The van der Waals surface area contributed by atoms with Gasteiger partial charge in [0.25, 0.3) is 5.91 Å². The molecule has 2 rings (SSSR count). The van der Waals surface area contributed by atoms with E-state index in [2.05, 4.69) is 37.2 Å². The van der Waals surface area contributed by atoms with Gasteiger partial charge < -0.3 is 5.32 Å². The smallest absolute Gasteiger partial charge is 0.270 e. The van der Waals surface area contributed by atoms with E-state index in [1.54, 1.807) is 18.3 Å². The minimum atomic E-state index is -0.133. The molecule has 1 aromatic heterocycles. The number of piperidine rings is 1. The summed E-state index contributed by atoms with van der Waals surface area (Å²) in [5.41, 5.74) is 0.433. The van der Waals surface area contributed by atoms with Crippen LogP contribution in [0.3, 0.4) is 0 Å². The van der Waals surface area contributed by atoms with Gasteiger partial charge in [0.15, 0.2) is 0 Å². The highest BCUT2D eigenvalue weighted by atomic mass is 79.9. The molecule has 1 aliphatic rings. The van der Waals surface area contributed by atoms with E-state index in [9.17, 15) is 4.79 Å². The molecule has 19 heavy (non-hydrogen) atoms. The number of carbonyl (C=O) groups excluding carboxylic acids is 1. The molecule has 0 saturated carbocycles. The van der Waals surface area contributed by atoms with Crippen molar-refractivity contribution in [2.45, 2.75) is 18.9 Å². The number of carbonyl (C=O) groups is 1. The fraction of sp³-hybridized carbons (Fsp3) is 0.462. The summed E-state index contributed by atoms with van der Waals surface area (Å²) in [4.78, 5) is 18.2. The highest BCUT2D eigenvalue weighted by molar-refractivity contribution is 9.10. The lowest BCUT2D eigenvalue weighted by molar-refractivity contribution is 0.0909. The van der Waals surface area contributed by atoms with E-state index in [1.165, 1.54) is 0 Å². The van der Waals surface area contributed by atoms with Crippen LogP contribution in [0.4, 0.5) is 0 Å². The lowest BCUT2D eigenvalue weighted by atomic mass is 10.0. The van der Waals surface area contributed by atoms with Crippen molar-refractivity contribution in [1.82, 2.24) is 15.2 Å². The highest BCUT2D eigenvalue weighted by Crippen LogP contribution is 2.11. The molecule has 1 aromatic rings. The first kappa shape index (κ1) is 14.0. The molecule has 0 aliphatic carbocycles. The maximum absolute atomic E-state index is 12.0. The van der Waals surface area contributed by atoms with Crippen molar-refractivity contribution in [3.63, 3.8) is 0 Å². The molecular formula is C13H15BrN4O. The van der Waals surface area contributed by atoms with Gasteiger partial charge in [-0.25, -0.2) is 4.98 Å². The number of hydrogen-bond donors (Lipinski definition) is 1. The van der Waals surface area contributed by atoms with Crippen molar-refractivity contribution in [3.8, 4) is 6.07 Å². The van der Waals surface area contributed by atoms with E-state index in [-0.39, 0.29) is 11.9 Å². The van der Waals surface area contributed by atoms with E-state index in [0.29, 0.717) is 12.2 Å². The molecule has 0 bridgehead atoms. The molecule has 0 unspecified atom stereocenters. The Morgan fingerprint density at radius 2 is 2.26 bits per heavy atom. The first-order chi connectivity index (χ1) is 9.19. The number of likely N-dealkylation sites (tertiary alicyclic amines) is 1. The van der Waals surface area contributed by atoms with Gasteiger partial charge in [-0.3, -0.25) is 9.69 Å². The van der Waals surface area contributed by atoms with E-state index < -0.39 is 0 Å². The third-order valence-electron chi connectivity index (χ3n) is 3.18. The number of amides is 1. The lowest BCUT2D eigenvalue weighted by Gasteiger charge is -2.30. The number of pyridine rings is 1. The van der Waals surface area contributed by atoms with Crippen LogP contribution in [-0.4, -0.2) is 41.5 Å². The van der Waals surface area contributed by atoms with Gasteiger partial charge in [-0.2, -0.15) is 5.26 Å². The summed E-state index contributed by atoms with van der Waals surface area (Å²) in [6.45, 7) is 2.17. The number of rotatable bonds is 3. The van der Waals surface area contributed by atoms with Gasteiger partial charge in [0.2, 0.25) is 0 Å². The van der Waals surface area contributed by atoms with E-state index >= 15 is 0 Å². The second-order valence-electron chi connectivity index (χ2n) is 4.54. The maximum atomic E-state index is 12.0. The van der Waals surface area contributed by atoms with Crippen LogP contribution in [0.2, 0.25) is 0 Å². The monoisotopic (exact) mass is 322 g/mol. The van der Waals surface area contributed by atoms with E-state index in [4.69, 9.17) is 5.26 Å². The normalized spacial score (nSPS) is 16.8. The molecule has 6 heteroatoms. The van der Waals surface area contributed by atoms with Gasteiger partial charge >= 0.3 is 0 Å². The van der Waals surface area contributed by atoms with Gasteiger partial charge in [-0.1, -0.05) is 0 Å². The Kier molecular flexibility index (Phi) is 4.88. The lowest BCUT2D eigenvalue weighted by Crippen LogP contribution is -2.44. The fourth-order valence-electron chi connectivity index (χ4n) is 2.10. The molecule has 1 amide bonds. The fourth-order valence-corrected chi connectivity index (χ4v) is 2.34. The Bertz CT molecular complexity index is 474. The molecule has 5 nitrogen and oxygen atoms in total. The predicted molar refractivity (Wildman–Crippen MR) is 74.5 cm³/mol. The van der Waals surface area contributed by atoms with Gasteiger partial charge in [-0.05, 0) is 40.9 Å². The van der Waals surface area contributed by atoms with Crippen molar-refractivity contribution in [2.75, 3.05) is 19.6 Å². The highest BCUT2D eigenvalue weighted by Gasteiger charge is 2.21. The summed E-state index contributed by atoms with van der Waals surface area (Å²) in [6.07, 6.45) is 3.37. The summed E-state index contributed by atoms with van der Waals surface area (Å²) < 4.78 is 0.855. The number of nitrogens with zero attached hydrogens (tertiary/aromatic N) is 3. The van der Waals surface area contributed by atoms with Crippen molar-refractivity contribution in [3.05, 3.63) is 28.5 Å². The van der Waals surface area contributed by atoms with E-state index in [0.717, 1.165) is 30.4 Å². The van der Waals surface area contributed by atoms with Crippen LogP contribution in [-0.2, 0) is 0 Å². The summed E-state index contributed by atoms with van der Waals surface area (Å²) in [7, 11) is 0. The molecule has 2 heterocycles. The molecule has 0 spiro atoms. The molecule has 0 aromatic carbocycles. The van der Waals surface area contributed by atoms with Crippen LogP contribution >= 0.6 is 15.9 Å². The molecule has 0 radical (unpaired) electrons. The summed E-state index contributed by atoms with van der Waals surface area (Å²) >= 11 is 3.29. The molecule has 1 N–H and O–H groups in total. The zero-order valence-electron chi connectivity index (χ0n) is 10.5. The predicted octanol–water partition coefficient (Wildman–Crippen LogP) is 1.56. The van der Waals surface area contributed by atoms with Crippen LogP contribution in [0.1, 0.15) is 23.3 Å². The molecule has 1 aliphatic heterocycles. The van der Waals surface area contributed by atoms with Crippen molar-refractivity contribution < 1.29 is 4.79 Å². The number of hydrogen-bond acceptors (Lipinski definition) is 4. The summed E-state index contributed by atoms with van der Waals surface area (Å²) in [6, 6.07) is 5.82. The van der Waals surface area contributed by atoms with Crippen LogP contribution in [0.25, 0.3) is 0 Å². The minimum absolute atomic E-state index is 0.133. The Balaban J connectivity index is 1.84. The number of aromatic nitrogens is 1. The Morgan fingerprint density at radius 3 is 2.84 bits per heavy atom. The summed E-state index contributed by atoms with van der Waals surface area (Å²) in [5.74, 6) is -0.133. The number of nitriles is 1. The zero-order chi connectivity index (χ0) is 13.7. The second kappa shape index (κ2) is 6.64. The zero-order valence-corrected chi connectivity index (χ0v) is 12.1. The second-order valence-corrected chi connectivity index (χ2v) is 5.46. The van der Waals surface area contributed by atoms with Crippen LogP contribution in [0.5, 0.6) is 0 Å². The largest absolute Gasteiger partial charge is 0.348 e.